The third-order valence-corrected chi connectivity index (χ3v) is 8.98. The Kier molecular flexibility index (Phi) is 7.91. The number of fused-ring (bicyclic) bond motifs is 3. The van der Waals surface area contributed by atoms with Crippen molar-refractivity contribution in [1.82, 2.24) is 10.3 Å². The lowest BCUT2D eigenvalue weighted by Gasteiger charge is -2.31. The molecule has 0 saturated heterocycles. The number of thioether (sulfide) groups is 1. The molecule has 1 amide bonds. The first kappa shape index (κ1) is 26.5. The summed E-state index contributed by atoms with van der Waals surface area (Å²) < 4.78 is 40.1. The second kappa shape index (κ2) is 11.3. The first-order chi connectivity index (χ1) is 18.4. The van der Waals surface area contributed by atoms with Crippen molar-refractivity contribution in [3.63, 3.8) is 0 Å². The summed E-state index contributed by atoms with van der Waals surface area (Å²) >= 11 is 3.35. The molecule has 1 heterocycles. The molecular weight excluding hydrogens is 525 g/mol. The van der Waals surface area contributed by atoms with Gasteiger partial charge in [-0.25, -0.2) is 4.98 Å². The van der Waals surface area contributed by atoms with E-state index in [0.29, 0.717) is 6.42 Å². The molecule has 0 unspecified atom stereocenters. The molecule has 0 bridgehead atoms. The molecule has 5 rings (SSSR count). The first-order valence-corrected chi connectivity index (χ1v) is 14.4. The maximum Gasteiger partial charge on any atom is 0.405 e. The molecule has 38 heavy (non-hydrogen) atoms. The number of hydrogen-bond donors (Lipinski definition) is 1. The molecule has 0 atom stereocenters. The predicted molar refractivity (Wildman–Crippen MR) is 148 cm³/mol. The number of unbranched alkanes of at least 4 members (excludes halogenated alkanes) is 2. The summed E-state index contributed by atoms with van der Waals surface area (Å²) in [6, 6.07) is 25.2. The number of hydrogen-bond acceptors (Lipinski definition) is 4. The number of rotatable bonds is 10. The Balaban J connectivity index is 1.26. The second-order valence-corrected chi connectivity index (χ2v) is 11.5. The third kappa shape index (κ3) is 5.52. The number of benzene rings is 3. The van der Waals surface area contributed by atoms with E-state index in [2.05, 4.69) is 10.7 Å². The van der Waals surface area contributed by atoms with Crippen LogP contribution in [-0.4, -0.2) is 29.4 Å². The van der Waals surface area contributed by atoms with Crippen molar-refractivity contribution >= 4 is 29.0 Å². The minimum Gasteiger partial charge on any atom is -0.346 e. The molecule has 0 fully saturated rings. The highest BCUT2D eigenvalue weighted by Gasteiger charge is 2.49. The zero-order chi connectivity index (χ0) is 26.6. The van der Waals surface area contributed by atoms with Crippen LogP contribution in [0.25, 0.3) is 22.4 Å². The van der Waals surface area contributed by atoms with Gasteiger partial charge in [0, 0.05) is 16.7 Å². The summed E-state index contributed by atoms with van der Waals surface area (Å²) in [5, 5.41) is 4.27. The van der Waals surface area contributed by atoms with E-state index in [1.54, 1.807) is 23.1 Å². The van der Waals surface area contributed by atoms with Crippen LogP contribution in [0, 0.1) is 0 Å². The van der Waals surface area contributed by atoms with Crippen LogP contribution in [0.3, 0.4) is 0 Å². The highest BCUT2D eigenvalue weighted by atomic mass is 32.2. The molecular formula is C30H27F3N2OS2. The normalized spacial score (nSPS) is 13.7. The van der Waals surface area contributed by atoms with E-state index in [1.807, 2.05) is 78.9 Å². The topological polar surface area (TPSA) is 42.0 Å². The zero-order valence-corrected chi connectivity index (χ0v) is 22.3. The van der Waals surface area contributed by atoms with Gasteiger partial charge in [0.25, 0.3) is 0 Å². The van der Waals surface area contributed by atoms with E-state index in [9.17, 15) is 18.0 Å². The Labute approximate surface area is 228 Å². The SMILES string of the molecule is O=C(NCC(F)(F)F)C1(CCCCCSc2nc(-c3ccccc3)cs2)c2ccccc2-c2ccccc21. The molecule has 8 heteroatoms. The number of carbonyl (C=O) groups excluding carboxylic acids is 1. The van der Waals surface area contributed by atoms with Gasteiger partial charge in [-0.1, -0.05) is 103 Å². The maximum absolute atomic E-state index is 13.5. The lowest BCUT2D eigenvalue weighted by atomic mass is 9.73. The lowest BCUT2D eigenvalue weighted by molar-refractivity contribution is -0.141. The van der Waals surface area contributed by atoms with Gasteiger partial charge in [-0.15, -0.1) is 11.3 Å². The molecule has 3 aromatic carbocycles. The zero-order valence-electron chi connectivity index (χ0n) is 20.6. The van der Waals surface area contributed by atoms with Crippen molar-refractivity contribution in [1.29, 1.82) is 0 Å². The number of nitrogens with one attached hydrogen (secondary N) is 1. The Bertz CT molecular complexity index is 1360. The van der Waals surface area contributed by atoms with Gasteiger partial charge < -0.3 is 5.32 Å². The standard InChI is InChI=1S/C30H27F3N2OS2/c31-30(32,33)20-34-27(36)29(24-15-7-5-13-22(24)23-14-6-8-16-25(23)29)17-9-2-10-18-37-28-35-26(19-38-28)21-11-3-1-4-12-21/h1,3-8,11-16,19H,2,9-10,17-18,20H2,(H,34,36). The largest absolute Gasteiger partial charge is 0.405 e. The number of nitrogens with zero attached hydrogens (tertiary/aromatic N) is 1. The number of carbonyl (C=O) groups is 1. The van der Waals surface area contributed by atoms with Gasteiger partial charge in [0.05, 0.1) is 5.69 Å². The molecule has 0 spiro atoms. The average Bonchev–Trinajstić information content (AvgIpc) is 3.51. The summed E-state index contributed by atoms with van der Waals surface area (Å²) in [5.41, 5.74) is 4.34. The fourth-order valence-corrected chi connectivity index (χ4v) is 7.08. The van der Waals surface area contributed by atoms with E-state index in [1.165, 1.54) is 0 Å². The Hall–Kier alpha value is -3.10. The molecule has 196 valence electrons. The molecule has 1 N–H and O–H groups in total. The summed E-state index contributed by atoms with van der Waals surface area (Å²) in [4.78, 5) is 18.3. The van der Waals surface area contributed by atoms with Gasteiger partial charge in [0.15, 0.2) is 4.34 Å². The Morgan fingerprint density at radius 2 is 1.50 bits per heavy atom. The van der Waals surface area contributed by atoms with Crippen LogP contribution in [0.4, 0.5) is 13.2 Å². The van der Waals surface area contributed by atoms with E-state index in [-0.39, 0.29) is 0 Å². The van der Waals surface area contributed by atoms with Crippen molar-refractivity contribution < 1.29 is 18.0 Å². The maximum atomic E-state index is 13.5. The first-order valence-electron chi connectivity index (χ1n) is 12.6. The van der Waals surface area contributed by atoms with Gasteiger partial charge in [-0.2, -0.15) is 13.2 Å². The van der Waals surface area contributed by atoms with Crippen LogP contribution >= 0.6 is 23.1 Å². The fourth-order valence-electron chi connectivity index (χ4n) is 5.18. The minimum absolute atomic E-state index is 0.449. The molecule has 1 aliphatic carbocycles. The van der Waals surface area contributed by atoms with Crippen molar-refractivity contribution in [3.8, 4) is 22.4 Å². The highest BCUT2D eigenvalue weighted by Crippen LogP contribution is 2.51. The van der Waals surface area contributed by atoms with Gasteiger partial charge in [-0.3, -0.25) is 4.79 Å². The summed E-state index contributed by atoms with van der Waals surface area (Å²) in [6.07, 6.45) is -1.51. The third-order valence-electron chi connectivity index (χ3n) is 6.88. The van der Waals surface area contributed by atoms with Crippen molar-refractivity contribution in [2.45, 2.75) is 41.6 Å². The number of aromatic nitrogens is 1. The van der Waals surface area contributed by atoms with Gasteiger partial charge in [-0.05, 0) is 35.1 Å². The van der Waals surface area contributed by atoms with Crippen molar-refractivity contribution in [2.24, 2.45) is 0 Å². The fraction of sp³-hybridized carbons (Fsp3) is 0.267. The lowest BCUT2D eigenvalue weighted by Crippen LogP contribution is -2.47. The average molecular weight is 553 g/mol. The van der Waals surface area contributed by atoms with Crippen LogP contribution in [0.15, 0.2) is 88.6 Å². The summed E-state index contributed by atoms with van der Waals surface area (Å²) in [6.45, 7) is -1.34. The number of halogens is 3. The van der Waals surface area contributed by atoms with Crippen LogP contribution in [0.5, 0.6) is 0 Å². The van der Waals surface area contributed by atoms with E-state index in [0.717, 1.165) is 62.9 Å². The number of thiazole rings is 1. The van der Waals surface area contributed by atoms with E-state index < -0.39 is 24.0 Å². The van der Waals surface area contributed by atoms with Gasteiger partial charge in [0.2, 0.25) is 5.91 Å². The van der Waals surface area contributed by atoms with E-state index >= 15 is 0 Å². The van der Waals surface area contributed by atoms with Crippen molar-refractivity contribution in [3.05, 3.63) is 95.4 Å². The molecule has 0 aliphatic heterocycles. The minimum atomic E-state index is -4.47. The van der Waals surface area contributed by atoms with Crippen LogP contribution in [0.1, 0.15) is 36.8 Å². The van der Waals surface area contributed by atoms with Crippen molar-refractivity contribution in [2.75, 3.05) is 12.3 Å². The monoisotopic (exact) mass is 552 g/mol. The molecule has 0 radical (unpaired) electrons. The predicted octanol–water partition coefficient (Wildman–Crippen LogP) is 8.11. The number of amides is 1. The second-order valence-electron chi connectivity index (χ2n) is 9.32. The molecule has 1 aromatic heterocycles. The van der Waals surface area contributed by atoms with Gasteiger partial charge in [0.1, 0.15) is 12.0 Å². The van der Waals surface area contributed by atoms with Crippen LogP contribution in [0.2, 0.25) is 0 Å². The molecule has 0 saturated carbocycles. The summed E-state index contributed by atoms with van der Waals surface area (Å²) in [7, 11) is 0. The molecule has 1 aliphatic rings. The Morgan fingerprint density at radius 1 is 0.868 bits per heavy atom. The van der Waals surface area contributed by atoms with Gasteiger partial charge >= 0.3 is 6.18 Å². The van der Waals surface area contributed by atoms with Crippen LogP contribution in [-0.2, 0) is 10.2 Å². The molecule has 3 nitrogen and oxygen atoms in total. The van der Waals surface area contributed by atoms with Crippen LogP contribution < -0.4 is 5.32 Å². The highest BCUT2D eigenvalue weighted by molar-refractivity contribution is 8.01. The summed E-state index contributed by atoms with van der Waals surface area (Å²) in [5.74, 6) is 0.306. The molecule has 4 aromatic rings. The Morgan fingerprint density at radius 3 is 2.16 bits per heavy atom. The smallest absolute Gasteiger partial charge is 0.346 e. The number of alkyl halides is 3. The van der Waals surface area contributed by atoms with E-state index in [4.69, 9.17) is 4.98 Å². The quantitative estimate of drug-likeness (QED) is 0.160.